The van der Waals surface area contributed by atoms with Gasteiger partial charge in [-0.3, -0.25) is 4.79 Å². The molecule has 0 aliphatic carbocycles. The molecule has 0 saturated carbocycles. The van der Waals surface area contributed by atoms with Gasteiger partial charge in [0.15, 0.2) is 5.58 Å². The van der Waals surface area contributed by atoms with E-state index >= 15 is 0 Å². The van der Waals surface area contributed by atoms with E-state index in [0.29, 0.717) is 28.6 Å². The van der Waals surface area contributed by atoms with Crippen LogP contribution in [0.2, 0.25) is 0 Å². The van der Waals surface area contributed by atoms with E-state index in [2.05, 4.69) is 10.3 Å². The smallest absolute Gasteiger partial charge is 0.266 e. The van der Waals surface area contributed by atoms with Gasteiger partial charge in [0, 0.05) is 24.3 Å². The summed E-state index contributed by atoms with van der Waals surface area (Å²) in [6, 6.07) is 5.32. The maximum absolute atomic E-state index is 11.8. The number of amides is 1. The Bertz CT molecular complexity index is 688. The molecule has 0 bridgehead atoms. The Labute approximate surface area is 126 Å². The number of aromatic nitrogens is 1. The summed E-state index contributed by atoms with van der Waals surface area (Å²) in [5.74, 6) is 0.209. The van der Waals surface area contributed by atoms with E-state index < -0.39 is 0 Å². The predicted molar refractivity (Wildman–Crippen MR) is 79.8 cm³/mol. The number of anilines is 1. The number of benzene rings is 1. The Morgan fingerprint density at radius 1 is 1.52 bits per heavy atom. The van der Waals surface area contributed by atoms with Crippen LogP contribution in [0.3, 0.4) is 0 Å². The summed E-state index contributed by atoms with van der Waals surface area (Å²) in [6.45, 7) is 2.09. The third kappa shape index (κ3) is 3.69. The van der Waals surface area contributed by atoms with Crippen LogP contribution in [0.25, 0.3) is 11.1 Å². The molecular weight excluding hydrogens is 292 g/mol. The standard InChI is InChI=1S/C14H16N2O4S/c17-13(8-19-7-9-3-4-18-6-9)15-10-1-2-11-12(5-10)20-14(21)16-11/h1-2,5,9H,3-4,6-8H2,(H,15,17)(H,16,21). The zero-order valence-electron chi connectivity index (χ0n) is 11.4. The second-order valence-electron chi connectivity index (χ2n) is 5.02. The monoisotopic (exact) mass is 308 g/mol. The molecule has 1 unspecified atom stereocenters. The summed E-state index contributed by atoms with van der Waals surface area (Å²) in [4.78, 5) is 15.0. The van der Waals surface area contributed by atoms with Crippen molar-refractivity contribution in [3.05, 3.63) is 23.0 Å². The summed E-state index contributed by atoms with van der Waals surface area (Å²) >= 11 is 4.91. The molecule has 2 aromatic rings. The van der Waals surface area contributed by atoms with E-state index in [1.165, 1.54) is 0 Å². The highest BCUT2D eigenvalue weighted by Crippen LogP contribution is 2.18. The van der Waals surface area contributed by atoms with Gasteiger partial charge in [-0.2, -0.15) is 0 Å². The van der Waals surface area contributed by atoms with Crippen LogP contribution in [0, 0.1) is 10.8 Å². The molecule has 1 aliphatic rings. The number of ether oxygens (including phenoxy) is 2. The number of nitrogens with one attached hydrogen (secondary N) is 2. The maximum atomic E-state index is 11.8. The van der Waals surface area contributed by atoms with Crippen LogP contribution in [0.4, 0.5) is 5.69 Å². The van der Waals surface area contributed by atoms with Crippen LogP contribution < -0.4 is 5.32 Å². The summed E-state index contributed by atoms with van der Waals surface area (Å²) in [5.41, 5.74) is 2.07. The highest BCUT2D eigenvalue weighted by molar-refractivity contribution is 7.71. The summed E-state index contributed by atoms with van der Waals surface area (Å²) in [7, 11) is 0. The molecule has 1 amide bonds. The fourth-order valence-corrected chi connectivity index (χ4v) is 2.45. The van der Waals surface area contributed by atoms with Crippen LogP contribution in [-0.2, 0) is 14.3 Å². The van der Waals surface area contributed by atoms with Crippen molar-refractivity contribution in [2.75, 3.05) is 31.7 Å². The number of H-pyrrole nitrogens is 1. The SMILES string of the molecule is O=C(COCC1CCOC1)Nc1ccc2[nH]c(=S)oc2c1. The minimum Gasteiger partial charge on any atom is -0.429 e. The van der Waals surface area contributed by atoms with Gasteiger partial charge in [0.25, 0.3) is 4.84 Å². The first-order valence-corrected chi connectivity index (χ1v) is 7.20. The first kappa shape index (κ1) is 14.2. The first-order valence-electron chi connectivity index (χ1n) is 6.79. The fourth-order valence-electron chi connectivity index (χ4n) is 2.25. The molecule has 21 heavy (non-hydrogen) atoms. The van der Waals surface area contributed by atoms with Crippen molar-refractivity contribution in [2.45, 2.75) is 6.42 Å². The summed E-state index contributed by atoms with van der Waals surface area (Å²) in [5, 5.41) is 2.77. The molecule has 112 valence electrons. The van der Waals surface area contributed by atoms with E-state index in [0.717, 1.165) is 25.2 Å². The molecule has 1 saturated heterocycles. The Balaban J connectivity index is 1.51. The predicted octanol–water partition coefficient (Wildman–Crippen LogP) is 2.48. The Kier molecular flexibility index (Phi) is 4.33. The molecule has 1 aromatic carbocycles. The highest BCUT2D eigenvalue weighted by atomic mass is 32.1. The third-order valence-electron chi connectivity index (χ3n) is 3.32. The lowest BCUT2D eigenvalue weighted by Crippen LogP contribution is -2.20. The fraction of sp³-hybridized carbons (Fsp3) is 0.429. The van der Waals surface area contributed by atoms with Gasteiger partial charge in [-0.05, 0) is 30.8 Å². The molecule has 1 fully saturated rings. The number of rotatable bonds is 5. The number of carbonyl (C=O) groups excluding carboxylic acids is 1. The zero-order chi connectivity index (χ0) is 14.7. The van der Waals surface area contributed by atoms with Gasteiger partial charge in [-0.25, -0.2) is 0 Å². The van der Waals surface area contributed by atoms with Gasteiger partial charge in [0.05, 0.1) is 18.7 Å². The average molecular weight is 308 g/mol. The number of aromatic amines is 1. The van der Waals surface area contributed by atoms with Crippen molar-refractivity contribution in [1.82, 2.24) is 4.98 Å². The van der Waals surface area contributed by atoms with Crippen molar-refractivity contribution < 1.29 is 18.7 Å². The topological polar surface area (TPSA) is 76.5 Å². The van der Waals surface area contributed by atoms with E-state index in [1.54, 1.807) is 18.2 Å². The molecule has 7 heteroatoms. The molecule has 2 N–H and O–H groups in total. The molecule has 1 aliphatic heterocycles. The summed E-state index contributed by atoms with van der Waals surface area (Å²) < 4.78 is 16.0. The Hall–Kier alpha value is -1.70. The second-order valence-corrected chi connectivity index (χ2v) is 5.39. The number of fused-ring (bicyclic) bond motifs is 1. The van der Waals surface area contributed by atoms with Crippen molar-refractivity contribution in [3.63, 3.8) is 0 Å². The molecule has 1 atom stereocenters. The normalized spacial score (nSPS) is 18.2. The van der Waals surface area contributed by atoms with Crippen LogP contribution in [0.1, 0.15) is 6.42 Å². The van der Waals surface area contributed by atoms with Crippen molar-refractivity contribution in [1.29, 1.82) is 0 Å². The first-order chi connectivity index (χ1) is 10.2. The average Bonchev–Trinajstić information content (AvgIpc) is 3.06. The molecular formula is C14H16N2O4S. The summed E-state index contributed by atoms with van der Waals surface area (Å²) in [6.07, 6.45) is 0.997. The van der Waals surface area contributed by atoms with Crippen LogP contribution in [0.15, 0.2) is 22.6 Å². The van der Waals surface area contributed by atoms with Crippen molar-refractivity contribution in [2.24, 2.45) is 5.92 Å². The van der Waals surface area contributed by atoms with Crippen LogP contribution in [0.5, 0.6) is 0 Å². The zero-order valence-corrected chi connectivity index (χ0v) is 12.2. The molecule has 1 aromatic heterocycles. The van der Waals surface area contributed by atoms with Gasteiger partial charge < -0.3 is 24.2 Å². The molecule has 3 rings (SSSR count). The Morgan fingerprint density at radius 3 is 3.24 bits per heavy atom. The van der Waals surface area contributed by atoms with Gasteiger partial charge in [0.2, 0.25) is 5.91 Å². The van der Waals surface area contributed by atoms with E-state index in [-0.39, 0.29) is 12.5 Å². The minimum atomic E-state index is -0.192. The van der Waals surface area contributed by atoms with Gasteiger partial charge in [0.1, 0.15) is 6.61 Å². The van der Waals surface area contributed by atoms with E-state index in [4.69, 9.17) is 26.1 Å². The lowest BCUT2D eigenvalue weighted by atomic mass is 10.1. The van der Waals surface area contributed by atoms with Crippen molar-refractivity contribution >= 4 is 34.9 Å². The molecule has 0 spiro atoms. The minimum absolute atomic E-state index is 0.0328. The number of oxazole rings is 1. The van der Waals surface area contributed by atoms with Gasteiger partial charge in [-0.1, -0.05) is 0 Å². The quantitative estimate of drug-likeness (QED) is 0.830. The largest absolute Gasteiger partial charge is 0.429 e. The lowest BCUT2D eigenvalue weighted by Gasteiger charge is -2.09. The second kappa shape index (κ2) is 6.38. The highest BCUT2D eigenvalue weighted by Gasteiger charge is 2.16. The maximum Gasteiger partial charge on any atom is 0.266 e. The number of hydrogen-bond donors (Lipinski definition) is 2. The van der Waals surface area contributed by atoms with Gasteiger partial charge >= 0.3 is 0 Å². The molecule has 0 radical (unpaired) electrons. The molecule has 2 heterocycles. The Morgan fingerprint density at radius 2 is 2.43 bits per heavy atom. The van der Waals surface area contributed by atoms with Crippen LogP contribution in [-0.4, -0.2) is 37.3 Å². The van der Waals surface area contributed by atoms with Crippen LogP contribution >= 0.6 is 12.2 Å². The van der Waals surface area contributed by atoms with Crippen molar-refractivity contribution in [3.8, 4) is 0 Å². The third-order valence-corrected chi connectivity index (χ3v) is 3.50. The van der Waals surface area contributed by atoms with E-state index in [9.17, 15) is 4.79 Å². The number of carbonyl (C=O) groups is 1. The van der Waals surface area contributed by atoms with Gasteiger partial charge in [-0.15, -0.1) is 0 Å². The molecule has 6 nitrogen and oxygen atoms in total. The lowest BCUT2D eigenvalue weighted by molar-refractivity contribution is -0.121. The number of hydrogen-bond acceptors (Lipinski definition) is 5. The van der Waals surface area contributed by atoms with E-state index in [1.807, 2.05) is 0 Å².